The average Bonchev–Trinajstić information content (AvgIpc) is 2.69. The third-order valence-corrected chi connectivity index (χ3v) is 4.22. The van der Waals surface area contributed by atoms with E-state index < -0.39 is 0 Å². The Morgan fingerprint density at radius 2 is 1.59 bits per heavy atom. The molecule has 0 fully saturated rings. The fraction of sp³-hybridized carbons (Fsp3) is 0.364. The Morgan fingerprint density at radius 3 is 2.30 bits per heavy atom. The van der Waals surface area contributed by atoms with Crippen molar-refractivity contribution in [3.8, 4) is 0 Å². The lowest BCUT2D eigenvalue weighted by Gasteiger charge is -2.13. The Hall–Kier alpha value is -2.66. The zero-order valence-corrected chi connectivity index (χ0v) is 15.8. The van der Waals surface area contributed by atoms with E-state index in [1.54, 1.807) is 12.1 Å². The van der Waals surface area contributed by atoms with Crippen molar-refractivity contribution >= 4 is 11.8 Å². The van der Waals surface area contributed by atoms with Gasteiger partial charge in [0, 0.05) is 18.0 Å². The number of nitrogens with one attached hydrogen (secondary N) is 2. The normalized spacial score (nSPS) is 11.6. The molecule has 144 valence electrons. The van der Waals surface area contributed by atoms with E-state index >= 15 is 0 Å². The van der Waals surface area contributed by atoms with Crippen molar-refractivity contribution in [2.75, 3.05) is 0 Å². The van der Waals surface area contributed by atoms with Crippen LogP contribution < -0.4 is 10.8 Å². The summed E-state index contributed by atoms with van der Waals surface area (Å²) in [5.41, 5.74) is 4.17. The molecule has 0 spiro atoms. The first-order chi connectivity index (χ1) is 13.1. The van der Waals surface area contributed by atoms with Crippen LogP contribution in [0.25, 0.3) is 0 Å². The molecule has 27 heavy (non-hydrogen) atoms. The first-order valence-corrected chi connectivity index (χ1v) is 9.45. The molecule has 0 heterocycles. The summed E-state index contributed by atoms with van der Waals surface area (Å²) >= 11 is 0. The first-order valence-electron chi connectivity index (χ1n) is 9.45. The molecule has 2 aromatic rings. The van der Waals surface area contributed by atoms with Crippen LogP contribution in [0.1, 0.15) is 54.9 Å². The number of benzene rings is 2. The van der Waals surface area contributed by atoms with Gasteiger partial charge in [0.15, 0.2) is 0 Å². The number of carbonyl (C=O) groups is 2. The molecule has 2 aromatic carbocycles. The van der Waals surface area contributed by atoms with E-state index in [1.165, 1.54) is 0 Å². The summed E-state index contributed by atoms with van der Waals surface area (Å²) in [7, 11) is 0. The van der Waals surface area contributed by atoms with Gasteiger partial charge in [-0.15, -0.1) is 0 Å². The van der Waals surface area contributed by atoms with Crippen molar-refractivity contribution in [1.82, 2.24) is 10.8 Å². The SMILES string of the molecule is CC(CCCCCC(=O)NOCc1ccccc1)NC(=O)c1ccccc1. The van der Waals surface area contributed by atoms with Gasteiger partial charge >= 0.3 is 0 Å². The molecule has 2 N–H and O–H groups in total. The number of hydrogen-bond acceptors (Lipinski definition) is 3. The predicted octanol–water partition coefficient (Wildman–Crippen LogP) is 4.00. The average molecular weight is 368 g/mol. The topological polar surface area (TPSA) is 67.4 Å². The molecule has 0 aliphatic heterocycles. The van der Waals surface area contributed by atoms with Crippen molar-refractivity contribution in [2.24, 2.45) is 0 Å². The smallest absolute Gasteiger partial charge is 0.251 e. The van der Waals surface area contributed by atoms with Crippen LogP contribution in [0.4, 0.5) is 0 Å². The highest BCUT2D eigenvalue weighted by Crippen LogP contribution is 2.07. The summed E-state index contributed by atoms with van der Waals surface area (Å²) in [6, 6.07) is 19.0. The first kappa shape index (κ1) is 20.6. The van der Waals surface area contributed by atoms with E-state index in [0.717, 1.165) is 31.2 Å². The molecule has 0 saturated heterocycles. The molecule has 0 aliphatic carbocycles. The summed E-state index contributed by atoms with van der Waals surface area (Å²) in [6.07, 6.45) is 4.05. The second-order valence-corrected chi connectivity index (χ2v) is 6.64. The van der Waals surface area contributed by atoms with E-state index in [1.807, 2.05) is 55.5 Å². The summed E-state index contributed by atoms with van der Waals surface area (Å²) in [4.78, 5) is 29.0. The molecule has 0 aliphatic rings. The lowest BCUT2D eigenvalue weighted by molar-refractivity contribution is -0.134. The van der Waals surface area contributed by atoms with Crippen molar-refractivity contribution in [3.05, 3.63) is 71.8 Å². The Labute approximate surface area is 161 Å². The van der Waals surface area contributed by atoms with Crippen LogP contribution in [0.3, 0.4) is 0 Å². The molecule has 0 saturated carbocycles. The lowest BCUT2D eigenvalue weighted by Crippen LogP contribution is -2.32. The van der Waals surface area contributed by atoms with Crippen molar-refractivity contribution < 1.29 is 14.4 Å². The minimum atomic E-state index is -0.101. The Balaban J connectivity index is 1.49. The molecule has 1 atom stereocenters. The highest BCUT2D eigenvalue weighted by atomic mass is 16.6. The molecular formula is C22H28N2O3. The van der Waals surface area contributed by atoms with Crippen LogP contribution in [0.2, 0.25) is 0 Å². The third-order valence-electron chi connectivity index (χ3n) is 4.22. The zero-order chi connectivity index (χ0) is 19.3. The monoisotopic (exact) mass is 368 g/mol. The van der Waals surface area contributed by atoms with Gasteiger partial charge in [-0.05, 0) is 37.5 Å². The van der Waals surface area contributed by atoms with Gasteiger partial charge in [0.05, 0.1) is 6.61 Å². The van der Waals surface area contributed by atoms with Gasteiger partial charge in [0.1, 0.15) is 0 Å². The van der Waals surface area contributed by atoms with E-state index in [-0.39, 0.29) is 17.9 Å². The second kappa shape index (κ2) is 11.9. The van der Waals surface area contributed by atoms with Crippen molar-refractivity contribution in [3.63, 3.8) is 0 Å². The second-order valence-electron chi connectivity index (χ2n) is 6.64. The summed E-state index contributed by atoms with van der Waals surface area (Å²) < 4.78 is 0. The summed E-state index contributed by atoms with van der Waals surface area (Å²) in [6.45, 7) is 2.37. The Morgan fingerprint density at radius 1 is 0.926 bits per heavy atom. The van der Waals surface area contributed by atoms with E-state index in [0.29, 0.717) is 18.6 Å². The number of hydrogen-bond donors (Lipinski definition) is 2. The van der Waals surface area contributed by atoms with Crippen LogP contribution in [0.5, 0.6) is 0 Å². The van der Waals surface area contributed by atoms with E-state index in [2.05, 4.69) is 10.8 Å². The predicted molar refractivity (Wildman–Crippen MR) is 106 cm³/mol. The van der Waals surface area contributed by atoms with Crippen LogP contribution in [0, 0.1) is 0 Å². The zero-order valence-electron chi connectivity index (χ0n) is 15.8. The fourth-order valence-corrected chi connectivity index (χ4v) is 2.71. The van der Waals surface area contributed by atoms with Gasteiger partial charge in [-0.2, -0.15) is 0 Å². The van der Waals surface area contributed by atoms with Gasteiger partial charge < -0.3 is 5.32 Å². The molecule has 5 nitrogen and oxygen atoms in total. The number of hydroxylamine groups is 1. The molecule has 0 aromatic heterocycles. The van der Waals surface area contributed by atoms with Crippen LogP contribution >= 0.6 is 0 Å². The Kier molecular flexibility index (Phi) is 9.07. The fourth-order valence-electron chi connectivity index (χ4n) is 2.71. The van der Waals surface area contributed by atoms with Gasteiger partial charge in [-0.25, -0.2) is 5.48 Å². The van der Waals surface area contributed by atoms with Crippen molar-refractivity contribution in [2.45, 2.75) is 51.7 Å². The molecule has 1 unspecified atom stereocenters. The number of amides is 2. The molecule has 0 bridgehead atoms. The van der Waals surface area contributed by atoms with E-state index in [9.17, 15) is 9.59 Å². The molecule has 5 heteroatoms. The maximum atomic E-state index is 12.1. The quantitative estimate of drug-likeness (QED) is 0.465. The molecule has 2 rings (SSSR count). The molecule has 2 amide bonds. The summed E-state index contributed by atoms with van der Waals surface area (Å²) in [5, 5.41) is 3.00. The largest absolute Gasteiger partial charge is 0.350 e. The third kappa shape index (κ3) is 8.51. The minimum absolute atomic E-state index is 0.0435. The van der Waals surface area contributed by atoms with Gasteiger partial charge in [0.25, 0.3) is 5.91 Å². The standard InChI is InChI=1S/C22H28N2O3/c1-18(23-22(26)20-14-8-4-9-15-20)11-5-2-10-16-21(25)24-27-17-19-12-6-3-7-13-19/h3-4,6-9,12-15,18H,2,5,10-11,16-17H2,1H3,(H,23,26)(H,24,25). The molecule has 0 radical (unpaired) electrons. The number of rotatable bonds is 11. The van der Waals surface area contributed by atoms with E-state index in [4.69, 9.17) is 4.84 Å². The van der Waals surface area contributed by atoms with Crippen molar-refractivity contribution in [1.29, 1.82) is 0 Å². The van der Waals surface area contributed by atoms with Crippen LogP contribution in [0.15, 0.2) is 60.7 Å². The lowest BCUT2D eigenvalue weighted by atomic mass is 10.1. The number of unbranched alkanes of at least 4 members (excludes halogenated alkanes) is 2. The number of carbonyl (C=O) groups excluding carboxylic acids is 2. The van der Waals surface area contributed by atoms with Gasteiger partial charge in [-0.1, -0.05) is 61.4 Å². The van der Waals surface area contributed by atoms with Gasteiger partial charge in [-0.3, -0.25) is 14.4 Å². The van der Waals surface area contributed by atoms with Gasteiger partial charge in [0.2, 0.25) is 5.91 Å². The Bertz CT molecular complexity index is 689. The molecular weight excluding hydrogens is 340 g/mol. The maximum Gasteiger partial charge on any atom is 0.251 e. The van der Waals surface area contributed by atoms with Crippen LogP contribution in [-0.4, -0.2) is 17.9 Å². The highest BCUT2D eigenvalue weighted by Gasteiger charge is 2.09. The minimum Gasteiger partial charge on any atom is -0.350 e. The van der Waals surface area contributed by atoms with Crippen LogP contribution in [-0.2, 0) is 16.2 Å². The maximum absolute atomic E-state index is 12.1. The summed E-state index contributed by atoms with van der Waals surface area (Å²) in [5.74, 6) is -0.144. The highest BCUT2D eigenvalue weighted by molar-refractivity contribution is 5.94.